The summed E-state index contributed by atoms with van der Waals surface area (Å²) in [5.41, 5.74) is 10.6. The molecule has 0 atom stereocenters. The number of hydrogen-bond acceptors (Lipinski definition) is 3. The van der Waals surface area contributed by atoms with Crippen LogP contribution >= 0.6 is 0 Å². The van der Waals surface area contributed by atoms with E-state index in [0.29, 0.717) is 17.5 Å². The fraction of sp³-hybridized carbons (Fsp3) is 0.0625. The molecule has 1 heterocycles. The standard InChI is InChI=1S/C48H33N3/c1-48(2)42-22-11-10-21-38(42)41-28-33(24-26-43(41)48)32-17-12-18-35(27-32)46-49-45(31-14-4-3-5-15-31)50-47(51-46)44-37-20-9-7-16-34(37)29-40-36-19-8-6-13-30(36)23-25-39(40)44/h3-29H,1-2H3. The lowest BCUT2D eigenvalue weighted by Crippen LogP contribution is -2.14. The lowest BCUT2D eigenvalue weighted by molar-refractivity contribution is 0.660. The van der Waals surface area contributed by atoms with Crippen molar-refractivity contribution in [3.05, 3.63) is 175 Å². The van der Waals surface area contributed by atoms with Gasteiger partial charge in [0.1, 0.15) is 0 Å². The first-order valence-corrected chi connectivity index (χ1v) is 17.5. The third kappa shape index (κ3) is 4.69. The monoisotopic (exact) mass is 651 g/mol. The zero-order valence-corrected chi connectivity index (χ0v) is 28.4. The molecule has 240 valence electrons. The number of aromatic nitrogens is 3. The molecule has 1 aromatic heterocycles. The molecule has 1 aliphatic carbocycles. The van der Waals surface area contributed by atoms with Gasteiger partial charge in [0.25, 0.3) is 0 Å². The Morgan fingerprint density at radius 1 is 0.353 bits per heavy atom. The van der Waals surface area contributed by atoms with Gasteiger partial charge in [-0.3, -0.25) is 0 Å². The molecular formula is C48H33N3. The van der Waals surface area contributed by atoms with Crippen LogP contribution in [-0.2, 0) is 5.41 Å². The van der Waals surface area contributed by atoms with Crippen molar-refractivity contribution in [2.75, 3.05) is 0 Å². The molecule has 0 unspecified atom stereocenters. The van der Waals surface area contributed by atoms with Gasteiger partial charge in [0.05, 0.1) is 0 Å². The number of rotatable bonds is 4. The molecule has 9 aromatic rings. The minimum Gasteiger partial charge on any atom is -0.208 e. The van der Waals surface area contributed by atoms with E-state index in [2.05, 4.69) is 159 Å². The molecule has 10 rings (SSSR count). The van der Waals surface area contributed by atoms with Gasteiger partial charge < -0.3 is 0 Å². The highest BCUT2D eigenvalue weighted by Gasteiger charge is 2.35. The quantitative estimate of drug-likeness (QED) is 0.140. The van der Waals surface area contributed by atoms with E-state index in [4.69, 9.17) is 15.0 Å². The summed E-state index contributed by atoms with van der Waals surface area (Å²) in [6.07, 6.45) is 0. The van der Waals surface area contributed by atoms with Crippen LogP contribution < -0.4 is 0 Å². The maximum absolute atomic E-state index is 5.30. The summed E-state index contributed by atoms with van der Waals surface area (Å²) >= 11 is 0. The molecule has 0 N–H and O–H groups in total. The van der Waals surface area contributed by atoms with E-state index in [0.717, 1.165) is 38.4 Å². The van der Waals surface area contributed by atoms with E-state index in [1.165, 1.54) is 44.0 Å². The van der Waals surface area contributed by atoms with Crippen LogP contribution in [0.15, 0.2) is 164 Å². The smallest absolute Gasteiger partial charge is 0.165 e. The molecule has 0 spiro atoms. The molecule has 0 aliphatic heterocycles. The fourth-order valence-corrected chi connectivity index (χ4v) is 8.13. The maximum Gasteiger partial charge on any atom is 0.165 e. The number of nitrogens with zero attached hydrogens (tertiary/aromatic N) is 3. The average molecular weight is 652 g/mol. The van der Waals surface area contributed by atoms with E-state index in [1.54, 1.807) is 0 Å². The Labute approximate surface area is 297 Å². The highest BCUT2D eigenvalue weighted by atomic mass is 15.0. The highest BCUT2D eigenvalue weighted by Crippen LogP contribution is 2.49. The van der Waals surface area contributed by atoms with Gasteiger partial charge >= 0.3 is 0 Å². The van der Waals surface area contributed by atoms with Crippen molar-refractivity contribution in [3.8, 4) is 56.4 Å². The van der Waals surface area contributed by atoms with Crippen LogP contribution in [0.2, 0.25) is 0 Å². The van der Waals surface area contributed by atoms with Gasteiger partial charge in [-0.05, 0) is 83.9 Å². The summed E-state index contributed by atoms with van der Waals surface area (Å²) in [5, 5.41) is 7.01. The van der Waals surface area contributed by atoms with E-state index in [1.807, 2.05) is 18.2 Å². The zero-order chi connectivity index (χ0) is 34.1. The fourth-order valence-electron chi connectivity index (χ4n) is 8.13. The van der Waals surface area contributed by atoms with Crippen LogP contribution in [0, 0.1) is 0 Å². The van der Waals surface area contributed by atoms with Crippen LogP contribution in [0.4, 0.5) is 0 Å². The molecule has 51 heavy (non-hydrogen) atoms. The number of hydrogen-bond donors (Lipinski definition) is 0. The molecule has 0 amide bonds. The van der Waals surface area contributed by atoms with Gasteiger partial charge in [-0.1, -0.05) is 159 Å². The predicted octanol–water partition coefficient (Wildman–Crippen LogP) is 12.3. The van der Waals surface area contributed by atoms with Crippen LogP contribution in [0.25, 0.3) is 88.7 Å². The molecular weight excluding hydrogens is 619 g/mol. The second-order valence-corrected chi connectivity index (χ2v) is 14.0. The van der Waals surface area contributed by atoms with E-state index < -0.39 is 0 Å². The zero-order valence-electron chi connectivity index (χ0n) is 28.4. The first kappa shape index (κ1) is 29.5. The normalized spacial score (nSPS) is 13.1. The van der Waals surface area contributed by atoms with E-state index in [9.17, 15) is 0 Å². The molecule has 0 saturated carbocycles. The average Bonchev–Trinajstić information content (AvgIpc) is 3.42. The first-order chi connectivity index (χ1) is 25.0. The largest absolute Gasteiger partial charge is 0.208 e. The van der Waals surface area contributed by atoms with Crippen molar-refractivity contribution in [2.45, 2.75) is 19.3 Å². The minimum absolute atomic E-state index is 0.0283. The third-order valence-electron chi connectivity index (χ3n) is 10.7. The minimum atomic E-state index is -0.0283. The highest BCUT2D eigenvalue weighted by molar-refractivity contribution is 6.19. The Bertz CT molecular complexity index is 2830. The van der Waals surface area contributed by atoms with Gasteiger partial charge in [0.15, 0.2) is 17.5 Å². The molecule has 0 bridgehead atoms. The van der Waals surface area contributed by atoms with Crippen molar-refractivity contribution in [2.24, 2.45) is 0 Å². The molecule has 0 radical (unpaired) electrons. The van der Waals surface area contributed by atoms with Gasteiger partial charge in [-0.15, -0.1) is 0 Å². The molecule has 0 saturated heterocycles. The third-order valence-corrected chi connectivity index (χ3v) is 10.7. The number of fused-ring (bicyclic) bond motifs is 7. The Balaban J connectivity index is 1.18. The lowest BCUT2D eigenvalue weighted by atomic mass is 9.82. The van der Waals surface area contributed by atoms with Gasteiger partial charge in [0, 0.05) is 22.1 Å². The SMILES string of the molecule is CC1(C)c2ccccc2-c2cc(-c3cccc(-c4nc(-c5ccccc5)nc(-c5c6ccccc6cc6c5ccc5ccccc56)n4)c3)ccc21. The second kappa shape index (κ2) is 11.3. The van der Waals surface area contributed by atoms with Crippen LogP contribution in [0.3, 0.4) is 0 Å². The first-order valence-electron chi connectivity index (χ1n) is 17.5. The van der Waals surface area contributed by atoms with E-state index in [-0.39, 0.29) is 5.41 Å². The van der Waals surface area contributed by atoms with Crippen molar-refractivity contribution in [3.63, 3.8) is 0 Å². The summed E-state index contributed by atoms with van der Waals surface area (Å²) in [6.45, 7) is 4.64. The van der Waals surface area contributed by atoms with Crippen molar-refractivity contribution in [1.82, 2.24) is 15.0 Å². The lowest BCUT2D eigenvalue weighted by Gasteiger charge is -2.21. The van der Waals surface area contributed by atoms with Gasteiger partial charge in [0.2, 0.25) is 0 Å². The van der Waals surface area contributed by atoms with Crippen LogP contribution in [0.5, 0.6) is 0 Å². The second-order valence-electron chi connectivity index (χ2n) is 14.0. The van der Waals surface area contributed by atoms with Crippen LogP contribution in [-0.4, -0.2) is 15.0 Å². The molecule has 0 fully saturated rings. The summed E-state index contributed by atoms with van der Waals surface area (Å²) in [4.78, 5) is 15.6. The maximum atomic E-state index is 5.30. The Morgan fingerprint density at radius 2 is 0.980 bits per heavy atom. The van der Waals surface area contributed by atoms with Crippen molar-refractivity contribution < 1.29 is 0 Å². The molecule has 3 heteroatoms. The summed E-state index contributed by atoms with van der Waals surface area (Å²) in [5.74, 6) is 1.96. The van der Waals surface area contributed by atoms with Gasteiger partial charge in [-0.2, -0.15) is 0 Å². The summed E-state index contributed by atoms with van der Waals surface area (Å²) in [6, 6.07) is 58.4. The Hall–Kier alpha value is -6.45. The molecule has 8 aromatic carbocycles. The number of benzene rings is 8. The predicted molar refractivity (Wildman–Crippen MR) is 212 cm³/mol. The molecule has 3 nitrogen and oxygen atoms in total. The van der Waals surface area contributed by atoms with Crippen molar-refractivity contribution >= 4 is 32.3 Å². The Kier molecular flexibility index (Phi) is 6.53. The van der Waals surface area contributed by atoms with Gasteiger partial charge in [-0.25, -0.2) is 15.0 Å². The Morgan fingerprint density at radius 3 is 1.84 bits per heavy atom. The molecule has 1 aliphatic rings. The summed E-state index contributed by atoms with van der Waals surface area (Å²) < 4.78 is 0. The van der Waals surface area contributed by atoms with Crippen LogP contribution in [0.1, 0.15) is 25.0 Å². The van der Waals surface area contributed by atoms with Crippen molar-refractivity contribution in [1.29, 1.82) is 0 Å². The topological polar surface area (TPSA) is 38.7 Å². The summed E-state index contributed by atoms with van der Waals surface area (Å²) in [7, 11) is 0. The van der Waals surface area contributed by atoms with E-state index >= 15 is 0 Å².